The summed E-state index contributed by atoms with van der Waals surface area (Å²) < 4.78 is 16.4. The highest BCUT2D eigenvalue weighted by molar-refractivity contribution is 5.93. The number of rotatable bonds is 5. The van der Waals surface area contributed by atoms with Crippen LogP contribution in [0.4, 0.5) is 0 Å². The molecule has 1 N–H and O–H groups in total. The van der Waals surface area contributed by atoms with Crippen LogP contribution in [0.5, 0.6) is 11.5 Å². The summed E-state index contributed by atoms with van der Waals surface area (Å²) in [5, 5.41) is 2.87. The van der Waals surface area contributed by atoms with Crippen molar-refractivity contribution in [2.75, 3.05) is 6.61 Å². The largest absolute Gasteiger partial charge is 0.494 e. The smallest absolute Gasteiger partial charge is 0.254 e. The summed E-state index contributed by atoms with van der Waals surface area (Å²) in [6.07, 6.45) is 3.97. The molecule has 0 bridgehead atoms. The molecular formula is C17H19NO4. The number of carbonyl (C=O) groups is 1. The van der Waals surface area contributed by atoms with E-state index in [0.29, 0.717) is 18.7 Å². The summed E-state index contributed by atoms with van der Waals surface area (Å²) in [7, 11) is 0. The van der Waals surface area contributed by atoms with Crippen molar-refractivity contribution in [3.8, 4) is 11.5 Å². The van der Waals surface area contributed by atoms with Gasteiger partial charge in [-0.1, -0.05) is 0 Å². The van der Waals surface area contributed by atoms with Crippen molar-refractivity contribution in [3.05, 3.63) is 47.4 Å². The lowest BCUT2D eigenvalue weighted by Crippen LogP contribution is -2.22. The van der Waals surface area contributed by atoms with Crippen molar-refractivity contribution in [1.82, 2.24) is 5.32 Å². The second kappa shape index (κ2) is 6.13. The van der Waals surface area contributed by atoms with E-state index in [1.165, 1.54) is 12.5 Å². The first-order valence-corrected chi connectivity index (χ1v) is 7.43. The molecule has 1 amide bonds. The summed E-state index contributed by atoms with van der Waals surface area (Å²) in [5.74, 6) is 1.50. The van der Waals surface area contributed by atoms with Gasteiger partial charge in [-0.05, 0) is 32.0 Å². The van der Waals surface area contributed by atoms with Crippen molar-refractivity contribution < 1.29 is 18.7 Å². The molecule has 1 aliphatic rings. The number of fused-ring (bicyclic) bond motifs is 1. The zero-order chi connectivity index (χ0) is 15.5. The Hall–Kier alpha value is -2.43. The van der Waals surface area contributed by atoms with Crippen molar-refractivity contribution in [2.45, 2.75) is 32.9 Å². The van der Waals surface area contributed by atoms with Gasteiger partial charge in [-0.2, -0.15) is 0 Å². The number of benzene rings is 1. The molecular weight excluding hydrogens is 282 g/mol. The summed E-state index contributed by atoms with van der Waals surface area (Å²) in [4.78, 5) is 12.0. The molecule has 1 aliphatic heterocycles. The lowest BCUT2D eigenvalue weighted by atomic mass is 10.1. The van der Waals surface area contributed by atoms with Crippen LogP contribution in [-0.2, 0) is 13.0 Å². The van der Waals surface area contributed by atoms with Gasteiger partial charge in [0.15, 0.2) is 0 Å². The van der Waals surface area contributed by atoms with Crippen molar-refractivity contribution in [2.24, 2.45) is 0 Å². The molecule has 1 aromatic heterocycles. The molecule has 0 saturated carbocycles. The van der Waals surface area contributed by atoms with Gasteiger partial charge in [0.2, 0.25) is 0 Å². The number of furan rings is 1. The highest BCUT2D eigenvalue weighted by Gasteiger charge is 2.22. The molecule has 2 aromatic rings. The van der Waals surface area contributed by atoms with Gasteiger partial charge in [-0.3, -0.25) is 4.79 Å². The standard InChI is InChI=1S/C17H19NO4/c1-3-21-15-7-13-6-11(2)22-16(13)8-14(15)9-18-17(19)12-4-5-20-10-12/h4-5,7-8,10-11H,3,6,9H2,1-2H3,(H,18,19). The summed E-state index contributed by atoms with van der Waals surface area (Å²) in [6, 6.07) is 5.60. The Morgan fingerprint density at radius 3 is 3.05 bits per heavy atom. The van der Waals surface area contributed by atoms with Crippen LogP contribution in [0, 0.1) is 0 Å². The number of hydrogen-bond acceptors (Lipinski definition) is 4. The Labute approximate surface area is 129 Å². The Bertz CT molecular complexity index is 664. The number of hydrogen-bond donors (Lipinski definition) is 1. The Kier molecular flexibility index (Phi) is 4.04. The molecule has 116 valence electrons. The SMILES string of the molecule is CCOc1cc2c(cc1CNC(=O)c1ccoc1)OC(C)C2. The number of ether oxygens (including phenoxy) is 2. The lowest BCUT2D eigenvalue weighted by molar-refractivity contribution is 0.0950. The maximum atomic E-state index is 12.0. The third-order valence-corrected chi connectivity index (χ3v) is 3.60. The third-order valence-electron chi connectivity index (χ3n) is 3.60. The Morgan fingerprint density at radius 2 is 2.32 bits per heavy atom. The zero-order valence-electron chi connectivity index (χ0n) is 12.7. The fourth-order valence-corrected chi connectivity index (χ4v) is 2.58. The first kappa shape index (κ1) is 14.5. The van der Waals surface area contributed by atoms with Gasteiger partial charge in [-0.15, -0.1) is 0 Å². The van der Waals surface area contributed by atoms with Crippen LogP contribution in [0.3, 0.4) is 0 Å². The molecule has 5 nitrogen and oxygen atoms in total. The first-order chi connectivity index (χ1) is 10.7. The van der Waals surface area contributed by atoms with Gasteiger partial charge < -0.3 is 19.2 Å². The predicted molar refractivity (Wildman–Crippen MR) is 81.3 cm³/mol. The van der Waals surface area contributed by atoms with E-state index in [9.17, 15) is 4.79 Å². The van der Waals surface area contributed by atoms with Gasteiger partial charge in [0.25, 0.3) is 5.91 Å². The van der Waals surface area contributed by atoms with E-state index >= 15 is 0 Å². The minimum absolute atomic E-state index is 0.175. The molecule has 0 saturated heterocycles. The monoisotopic (exact) mass is 301 g/mol. The van der Waals surface area contributed by atoms with E-state index in [-0.39, 0.29) is 12.0 Å². The predicted octanol–water partition coefficient (Wildman–Crippen LogP) is 2.93. The van der Waals surface area contributed by atoms with Gasteiger partial charge in [0, 0.05) is 24.1 Å². The fraction of sp³-hybridized carbons (Fsp3) is 0.353. The van der Waals surface area contributed by atoms with Gasteiger partial charge >= 0.3 is 0 Å². The Morgan fingerprint density at radius 1 is 1.45 bits per heavy atom. The minimum Gasteiger partial charge on any atom is -0.494 e. The lowest BCUT2D eigenvalue weighted by Gasteiger charge is -2.13. The van der Waals surface area contributed by atoms with Crippen LogP contribution < -0.4 is 14.8 Å². The highest BCUT2D eigenvalue weighted by Crippen LogP contribution is 2.35. The van der Waals surface area contributed by atoms with E-state index in [1.807, 2.05) is 26.0 Å². The quantitative estimate of drug-likeness (QED) is 0.922. The van der Waals surface area contributed by atoms with Crippen molar-refractivity contribution in [1.29, 1.82) is 0 Å². The molecule has 5 heteroatoms. The molecule has 2 heterocycles. The average Bonchev–Trinajstić information content (AvgIpc) is 3.13. The third kappa shape index (κ3) is 2.93. The van der Waals surface area contributed by atoms with E-state index in [1.54, 1.807) is 6.07 Å². The molecule has 0 fully saturated rings. The number of carbonyl (C=O) groups excluding carboxylic acids is 1. The zero-order valence-corrected chi connectivity index (χ0v) is 12.7. The van der Waals surface area contributed by atoms with Crippen LogP contribution in [0.1, 0.15) is 35.3 Å². The number of amides is 1. The highest BCUT2D eigenvalue weighted by atomic mass is 16.5. The number of nitrogens with one attached hydrogen (secondary N) is 1. The Balaban J connectivity index is 1.77. The molecule has 22 heavy (non-hydrogen) atoms. The molecule has 3 rings (SSSR count). The molecule has 0 radical (unpaired) electrons. The normalized spacial score (nSPS) is 16.0. The van der Waals surface area contributed by atoms with E-state index < -0.39 is 0 Å². The van der Waals surface area contributed by atoms with Gasteiger partial charge in [-0.25, -0.2) is 0 Å². The van der Waals surface area contributed by atoms with Gasteiger partial charge in [0.05, 0.1) is 18.4 Å². The van der Waals surface area contributed by atoms with Crippen molar-refractivity contribution >= 4 is 5.91 Å². The van der Waals surface area contributed by atoms with Crippen LogP contribution in [0.2, 0.25) is 0 Å². The summed E-state index contributed by atoms with van der Waals surface area (Å²) in [5.41, 5.74) is 2.57. The van der Waals surface area contributed by atoms with Crippen LogP contribution >= 0.6 is 0 Å². The average molecular weight is 301 g/mol. The van der Waals surface area contributed by atoms with Crippen molar-refractivity contribution in [3.63, 3.8) is 0 Å². The van der Waals surface area contributed by atoms with E-state index in [2.05, 4.69) is 5.32 Å². The topological polar surface area (TPSA) is 60.7 Å². The van der Waals surface area contributed by atoms with E-state index in [0.717, 1.165) is 29.0 Å². The minimum atomic E-state index is -0.175. The van der Waals surface area contributed by atoms with E-state index in [4.69, 9.17) is 13.9 Å². The molecule has 1 aromatic carbocycles. The second-order valence-electron chi connectivity index (χ2n) is 5.33. The first-order valence-electron chi connectivity index (χ1n) is 7.43. The maximum absolute atomic E-state index is 12.0. The maximum Gasteiger partial charge on any atom is 0.254 e. The summed E-state index contributed by atoms with van der Waals surface area (Å²) >= 11 is 0. The molecule has 0 aliphatic carbocycles. The van der Waals surface area contributed by atoms with Gasteiger partial charge in [0.1, 0.15) is 23.9 Å². The van der Waals surface area contributed by atoms with Crippen LogP contribution in [-0.4, -0.2) is 18.6 Å². The molecule has 1 unspecified atom stereocenters. The van der Waals surface area contributed by atoms with Crippen LogP contribution in [0.15, 0.2) is 35.1 Å². The van der Waals surface area contributed by atoms with Crippen LogP contribution in [0.25, 0.3) is 0 Å². The molecule has 0 spiro atoms. The second-order valence-corrected chi connectivity index (χ2v) is 5.33. The molecule has 1 atom stereocenters. The summed E-state index contributed by atoms with van der Waals surface area (Å²) in [6.45, 7) is 4.95. The fourth-order valence-electron chi connectivity index (χ4n) is 2.58.